The first-order valence-electron chi connectivity index (χ1n) is 9.90. The zero-order valence-electron chi connectivity index (χ0n) is 17.0. The molecule has 0 bridgehead atoms. The van der Waals surface area contributed by atoms with Crippen molar-refractivity contribution in [2.75, 3.05) is 11.9 Å². The number of nitrogens with zero attached hydrogens (tertiary/aromatic N) is 1. The van der Waals surface area contributed by atoms with E-state index in [9.17, 15) is 9.59 Å². The molecule has 0 aliphatic rings. The Kier molecular flexibility index (Phi) is 7.29. The molecule has 1 aromatic heterocycles. The van der Waals surface area contributed by atoms with Crippen molar-refractivity contribution < 1.29 is 9.59 Å². The number of pyridine rings is 1. The third kappa shape index (κ3) is 6.25. The molecule has 1 heterocycles. The summed E-state index contributed by atoms with van der Waals surface area (Å²) in [5, 5.41) is 5.72. The van der Waals surface area contributed by atoms with Gasteiger partial charge in [0.05, 0.1) is 0 Å². The molecular weight excluding hydrogens is 376 g/mol. The van der Waals surface area contributed by atoms with Crippen LogP contribution in [0.2, 0.25) is 0 Å². The number of aryl methyl sites for hydroxylation is 1. The van der Waals surface area contributed by atoms with Gasteiger partial charge in [-0.2, -0.15) is 0 Å². The van der Waals surface area contributed by atoms with E-state index in [4.69, 9.17) is 5.73 Å². The minimum Gasteiger partial charge on any atom is -0.356 e. The van der Waals surface area contributed by atoms with E-state index in [1.54, 1.807) is 48.8 Å². The van der Waals surface area contributed by atoms with Gasteiger partial charge < -0.3 is 16.4 Å². The van der Waals surface area contributed by atoms with Crippen LogP contribution < -0.4 is 16.4 Å². The van der Waals surface area contributed by atoms with E-state index >= 15 is 0 Å². The minimum absolute atomic E-state index is 0.0888. The molecular formula is C24H26N4O2. The Hall–Kier alpha value is -3.51. The van der Waals surface area contributed by atoms with Crippen molar-refractivity contribution >= 4 is 17.5 Å². The summed E-state index contributed by atoms with van der Waals surface area (Å²) < 4.78 is 0. The number of aromatic nitrogens is 1. The molecule has 0 saturated carbocycles. The summed E-state index contributed by atoms with van der Waals surface area (Å²) in [7, 11) is 0. The highest BCUT2D eigenvalue weighted by Crippen LogP contribution is 2.16. The first-order valence-corrected chi connectivity index (χ1v) is 9.90. The first kappa shape index (κ1) is 21.2. The molecule has 0 aliphatic heterocycles. The Bertz CT molecular complexity index is 970. The van der Waals surface area contributed by atoms with E-state index in [-0.39, 0.29) is 18.2 Å². The Labute approximate surface area is 176 Å². The van der Waals surface area contributed by atoms with E-state index in [1.807, 2.05) is 6.92 Å². The van der Waals surface area contributed by atoms with Crippen molar-refractivity contribution in [1.29, 1.82) is 0 Å². The molecule has 6 heteroatoms. The van der Waals surface area contributed by atoms with Crippen molar-refractivity contribution in [2.45, 2.75) is 25.8 Å². The molecule has 0 fully saturated rings. The molecule has 30 heavy (non-hydrogen) atoms. The quantitative estimate of drug-likeness (QED) is 0.538. The number of nitrogens with one attached hydrogen (secondary N) is 2. The zero-order valence-corrected chi connectivity index (χ0v) is 17.0. The van der Waals surface area contributed by atoms with Gasteiger partial charge >= 0.3 is 0 Å². The molecule has 4 N–H and O–H groups in total. The van der Waals surface area contributed by atoms with Gasteiger partial charge in [-0.1, -0.05) is 42.0 Å². The van der Waals surface area contributed by atoms with Crippen LogP contribution in [-0.4, -0.2) is 23.3 Å². The fourth-order valence-corrected chi connectivity index (χ4v) is 3.01. The molecule has 6 nitrogen and oxygen atoms in total. The smallest absolute Gasteiger partial charge is 0.255 e. The lowest BCUT2D eigenvalue weighted by Gasteiger charge is -2.13. The number of rotatable bonds is 8. The normalized spacial score (nSPS) is 11.5. The third-order valence-electron chi connectivity index (χ3n) is 4.80. The number of hydrogen-bond acceptors (Lipinski definition) is 4. The van der Waals surface area contributed by atoms with E-state index in [0.717, 1.165) is 12.0 Å². The lowest BCUT2D eigenvalue weighted by atomic mass is 10.0. The number of carbonyl (C=O) groups is 2. The van der Waals surface area contributed by atoms with Gasteiger partial charge in [0.25, 0.3) is 5.91 Å². The Morgan fingerprint density at radius 2 is 1.63 bits per heavy atom. The van der Waals surface area contributed by atoms with Gasteiger partial charge in [-0.05, 0) is 48.7 Å². The second-order valence-corrected chi connectivity index (χ2v) is 7.21. The number of anilines is 1. The Balaban J connectivity index is 1.46. The van der Waals surface area contributed by atoms with Crippen LogP contribution in [0, 0.1) is 6.92 Å². The van der Waals surface area contributed by atoms with Gasteiger partial charge in [-0.15, -0.1) is 0 Å². The van der Waals surface area contributed by atoms with Gasteiger partial charge in [-0.3, -0.25) is 14.6 Å². The van der Waals surface area contributed by atoms with Crippen molar-refractivity contribution in [2.24, 2.45) is 5.73 Å². The second kappa shape index (κ2) is 10.3. The van der Waals surface area contributed by atoms with E-state index in [0.29, 0.717) is 17.8 Å². The van der Waals surface area contributed by atoms with Crippen LogP contribution in [0.3, 0.4) is 0 Å². The molecule has 3 aromatic rings. The zero-order chi connectivity index (χ0) is 21.3. The SMILES string of the molecule is Cc1ccc(CCNC(=O)CC(N)c2ccc(C(=O)Nc3ccncc3)cc2)cc1. The first-order chi connectivity index (χ1) is 14.5. The van der Waals surface area contributed by atoms with Crippen molar-refractivity contribution in [3.63, 3.8) is 0 Å². The fourth-order valence-electron chi connectivity index (χ4n) is 3.01. The number of hydrogen-bond donors (Lipinski definition) is 3. The molecule has 154 valence electrons. The predicted molar refractivity (Wildman–Crippen MR) is 118 cm³/mol. The second-order valence-electron chi connectivity index (χ2n) is 7.21. The van der Waals surface area contributed by atoms with Crippen molar-refractivity contribution in [1.82, 2.24) is 10.3 Å². The van der Waals surface area contributed by atoms with E-state index < -0.39 is 6.04 Å². The summed E-state index contributed by atoms with van der Waals surface area (Å²) >= 11 is 0. The molecule has 2 amide bonds. The standard InChI is InChI=1S/C24H26N4O2/c1-17-2-4-18(5-3-17)10-15-27-23(29)16-22(25)19-6-8-20(9-7-19)24(30)28-21-11-13-26-14-12-21/h2-9,11-14,22H,10,15-16,25H2,1H3,(H,27,29)(H,26,28,30). The molecule has 1 atom stereocenters. The van der Waals surface area contributed by atoms with Crippen molar-refractivity contribution in [3.05, 3.63) is 95.3 Å². The van der Waals surface area contributed by atoms with Gasteiger partial charge in [-0.25, -0.2) is 0 Å². The maximum Gasteiger partial charge on any atom is 0.255 e. The number of benzene rings is 2. The lowest BCUT2D eigenvalue weighted by Crippen LogP contribution is -2.29. The van der Waals surface area contributed by atoms with Crippen LogP contribution in [0.5, 0.6) is 0 Å². The van der Waals surface area contributed by atoms with Gasteiger partial charge in [0.1, 0.15) is 0 Å². The monoisotopic (exact) mass is 402 g/mol. The van der Waals surface area contributed by atoms with Crippen LogP contribution in [0.15, 0.2) is 73.1 Å². The van der Waals surface area contributed by atoms with Crippen molar-refractivity contribution in [3.8, 4) is 0 Å². The highest BCUT2D eigenvalue weighted by atomic mass is 16.2. The topological polar surface area (TPSA) is 97.1 Å². The molecule has 2 aromatic carbocycles. The van der Waals surface area contributed by atoms with Gasteiger partial charge in [0, 0.05) is 42.7 Å². The highest BCUT2D eigenvalue weighted by Gasteiger charge is 2.13. The summed E-state index contributed by atoms with van der Waals surface area (Å²) in [6.07, 6.45) is 4.20. The molecule has 0 spiro atoms. The highest BCUT2D eigenvalue weighted by molar-refractivity contribution is 6.04. The summed E-state index contributed by atoms with van der Waals surface area (Å²) in [4.78, 5) is 28.4. The summed E-state index contributed by atoms with van der Waals surface area (Å²) in [5.74, 6) is -0.302. The predicted octanol–water partition coefficient (Wildman–Crippen LogP) is 3.39. The van der Waals surface area contributed by atoms with Crippen LogP contribution in [-0.2, 0) is 11.2 Å². The Morgan fingerprint density at radius 3 is 2.30 bits per heavy atom. The minimum atomic E-state index is -0.429. The number of nitrogens with two attached hydrogens (primary N) is 1. The average Bonchev–Trinajstić information content (AvgIpc) is 2.76. The van der Waals surface area contributed by atoms with Crippen LogP contribution in [0.4, 0.5) is 5.69 Å². The third-order valence-corrected chi connectivity index (χ3v) is 4.80. The Morgan fingerprint density at radius 1 is 0.967 bits per heavy atom. The van der Waals surface area contributed by atoms with Crippen LogP contribution >= 0.6 is 0 Å². The van der Waals surface area contributed by atoms with Gasteiger partial charge in [0.2, 0.25) is 5.91 Å². The molecule has 0 radical (unpaired) electrons. The molecule has 1 unspecified atom stereocenters. The van der Waals surface area contributed by atoms with Gasteiger partial charge in [0.15, 0.2) is 0 Å². The average molecular weight is 402 g/mol. The molecule has 3 rings (SSSR count). The number of amides is 2. The number of carbonyl (C=O) groups excluding carboxylic acids is 2. The van der Waals surface area contributed by atoms with Crippen LogP contribution in [0.25, 0.3) is 0 Å². The fraction of sp³-hybridized carbons (Fsp3) is 0.208. The maximum absolute atomic E-state index is 12.3. The van der Waals surface area contributed by atoms with E-state index in [1.165, 1.54) is 11.1 Å². The largest absolute Gasteiger partial charge is 0.356 e. The summed E-state index contributed by atoms with van der Waals surface area (Å²) in [6, 6.07) is 18.3. The van der Waals surface area contributed by atoms with E-state index in [2.05, 4.69) is 39.9 Å². The molecule has 0 saturated heterocycles. The van der Waals surface area contributed by atoms with Crippen LogP contribution in [0.1, 0.15) is 39.5 Å². The lowest BCUT2D eigenvalue weighted by molar-refractivity contribution is -0.121. The summed E-state index contributed by atoms with van der Waals surface area (Å²) in [6.45, 7) is 2.62. The summed E-state index contributed by atoms with van der Waals surface area (Å²) in [5.41, 5.74) is 10.6. The maximum atomic E-state index is 12.3. The molecule has 0 aliphatic carbocycles.